The molecule has 0 fully saturated rings. The van der Waals surface area contributed by atoms with Crippen molar-refractivity contribution in [1.29, 1.82) is 0 Å². The minimum atomic E-state index is -0.526. The number of carbonyl (C=O) groups is 2. The summed E-state index contributed by atoms with van der Waals surface area (Å²) >= 11 is 0. The topological polar surface area (TPSA) is 89.5 Å². The van der Waals surface area contributed by atoms with Gasteiger partial charge < -0.3 is 4.57 Å². The number of hydrogen-bond acceptors (Lipinski definition) is 4. The van der Waals surface area contributed by atoms with Gasteiger partial charge in [-0.3, -0.25) is 15.0 Å². The molecule has 1 amide bonds. The summed E-state index contributed by atoms with van der Waals surface area (Å²) in [6.45, 7) is 0. The molecule has 2 rings (SSSR count). The van der Waals surface area contributed by atoms with E-state index < -0.39 is 5.91 Å². The normalized spacial score (nSPS) is 11.2. The van der Waals surface area contributed by atoms with E-state index >= 15 is 0 Å². The summed E-state index contributed by atoms with van der Waals surface area (Å²) in [7, 11) is 1.87. The van der Waals surface area contributed by atoms with Gasteiger partial charge in [-0.2, -0.15) is 0 Å². The number of nitrogens with one attached hydrogen (secondary N) is 1. The molecule has 1 aromatic heterocycles. The van der Waals surface area contributed by atoms with Crippen LogP contribution in [0.5, 0.6) is 0 Å². The molecule has 0 aliphatic carbocycles. The summed E-state index contributed by atoms with van der Waals surface area (Å²) in [5.74, 6) is 4.58. The van der Waals surface area contributed by atoms with Crippen LogP contribution in [0.4, 0.5) is 5.69 Å². The Balaban J connectivity index is 2.55. The van der Waals surface area contributed by atoms with Crippen LogP contribution in [0.25, 0.3) is 0 Å². The van der Waals surface area contributed by atoms with E-state index in [1.807, 2.05) is 41.4 Å². The molecule has 1 heterocycles. The minimum Gasteiger partial charge on any atom is -0.336 e. The van der Waals surface area contributed by atoms with Gasteiger partial charge in [-0.1, -0.05) is 6.07 Å². The molecule has 6 heteroatoms. The number of benzene rings is 1. The summed E-state index contributed by atoms with van der Waals surface area (Å²) in [6, 6.07) is 10.3. The third-order valence-corrected chi connectivity index (χ3v) is 2.81. The molecule has 2 aromatic rings. The third kappa shape index (κ3) is 2.81. The highest BCUT2D eigenvalue weighted by Gasteiger charge is 2.10. The van der Waals surface area contributed by atoms with Gasteiger partial charge >= 0.3 is 0 Å². The fraction of sp³-hybridized carbons (Fsp3) is 0.0714. The van der Waals surface area contributed by atoms with Gasteiger partial charge in [0.05, 0.1) is 11.3 Å². The molecule has 0 bridgehead atoms. The van der Waals surface area contributed by atoms with Gasteiger partial charge in [-0.05, 0) is 30.3 Å². The monoisotopic (exact) mass is 270 g/mol. The van der Waals surface area contributed by atoms with Crippen molar-refractivity contribution >= 4 is 17.9 Å². The lowest BCUT2D eigenvalue weighted by Gasteiger charge is -2.05. The molecule has 0 aliphatic rings. The number of nitrogens with two attached hydrogens (primary N) is 1. The van der Waals surface area contributed by atoms with Gasteiger partial charge in [-0.25, -0.2) is 10.8 Å². The van der Waals surface area contributed by atoms with E-state index in [0.717, 1.165) is 5.49 Å². The standard InChI is InChI=1S/C14H14N4O2/c1-18-7-3-2-4-13(18)16-11-6-5-10(9-19)12(8-11)14(20)17-15/h2-9H,15H2,1H3,(H,17,20). The van der Waals surface area contributed by atoms with Crippen LogP contribution in [0.1, 0.15) is 20.7 Å². The number of carbonyl (C=O) groups excluding carboxylic acids is 2. The molecular weight excluding hydrogens is 256 g/mol. The van der Waals surface area contributed by atoms with E-state index in [0.29, 0.717) is 12.0 Å². The van der Waals surface area contributed by atoms with Crippen LogP contribution in [-0.2, 0) is 7.05 Å². The van der Waals surface area contributed by atoms with Crippen molar-refractivity contribution in [2.24, 2.45) is 17.9 Å². The lowest BCUT2D eigenvalue weighted by atomic mass is 10.1. The Labute approximate surface area is 115 Å². The Morgan fingerprint density at radius 3 is 2.80 bits per heavy atom. The average Bonchev–Trinajstić information content (AvgIpc) is 2.48. The van der Waals surface area contributed by atoms with Crippen molar-refractivity contribution < 1.29 is 9.59 Å². The maximum atomic E-state index is 11.6. The first kappa shape index (κ1) is 13.7. The van der Waals surface area contributed by atoms with E-state index in [-0.39, 0.29) is 11.1 Å². The van der Waals surface area contributed by atoms with Gasteiger partial charge in [0.2, 0.25) is 0 Å². The van der Waals surface area contributed by atoms with Crippen LogP contribution in [0.3, 0.4) is 0 Å². The number of nitrogens with zero attached hydrogens (tertiary/aromatic N) is 2. The van der Waals surface area contributed by atoms with E-state index in [9.17, 15) is 9.59 Å². The summed E-state index contributed by atoms with van der Waals surface area (Å²) in [6.07, 6.45) is 2.48. The van der Waals surface area contributed by atoms with Crippen molar-refractivity contribution in [3.8, 4) is 0 Å². The molecule has 102 valence electrons. The van der Waals surface area contributed by atoms with Crippen molar-refractivity contribution in [3.05, 3.63) is 59.2 Å². The van der Waals surface area contributed by atoms with Gasteiger partial charge in [0, 0.05) is 18.8 Å². The Hall–Kier alpha value is -2.73. The highest BCUT2D eigenvalue weighted by atomic mass is 16.2. The molecule has 0 saturated carbocycles. The number of aldehydes is 1. The van der Waals surface area contributed by atoms with Gasteiger partial charge in [0.15, 0.2) is 6.29 Å². The zero-order valence-electron chi connectivity index (χ0n) is 10.9. The molecule has 3 N–H and O–H groups in total. The van der Waals surface area contributed by atoms with E-state index in [4.69, 9.17) is 5.84 Å². The second-order valence-corrected chi connectivity index (χ2v) is 4.14. The largest absolute Gasteiger partial charge is 0.336 e. The first-order valence-corrected chi connectivity index (χ1v) is 5.92. The average molecular weight is 270 g/mol. The van der Waals surface area contributed by atoms with Crippen LogP contribution in [0.15, 0.2) is 47.6 Å². The smallest absolute Gasteiger partial charge is 0.265 e. The molecule has 6 nitrogen and oxygen atoms in total. The zero-order chi connectivity index (χ0) is 14.5. The Morgan fingerprint density at radius 2 is 2.15 bits per heavy atom. The van der Waals surface area contributed by atoms with Gasteiger partial charge in [0.25, 0.3) is 5.91 Å². The molecule has 0 saturated heterocycles. The van der Waals surface area contributed by atoms with Gasteiger partial charge in [0.1, 0.15) is 5.49 Å². The highest BCUT2D eigenvalue weighted by molar-refractivity contribution is 6.01. The molecule has 1 aromatic carbocycles. The number of hydrogen-bond donors (Lipinski definition) is 2. The van der Waals surface area contributed by atoms with Crippen LogP contribution >= 0.6 is 0 Å². The number of nitrogen functional groups attached to an aromatic ring is 1. The first-order valence-electron chi connectivity index (χ1n) is 5.92. The quantitative estimate of drug-likeness (QED) is 0.372. The highest BCUT2D eigenvalue weighted by Crippen LogP contribution is 2.16. The lowest BCUT2D eigenvalue weighted by molar-refractivity contribution is 0.0948. The number of hydrazine groups is 1. The Kier molecular flexibility index (Phi) is 4.07. The predicted octanol–water partition coefficient (Wildman–Crippen LogP) is 0.673. The molecule has 0 unspecified atom stereocenters. The number of pyridine rings is 1. The van der Waals surface area contributed by atoms with Crippen molar-refractivity contribution in [2.75, 3.05) is 0 Å². The van der Waals surface area contributed by atoms with Crippen LogP contribution < -0.4 is 16.8 Å². The van der Waals surface area contributed by atoms with Crippen molar-refractivity contribution in [2.45, 2.75) is 0 Å². The summed E-state index contributed by atoms with van der Waals surface area (Å²) < 4.78 is 1.84. The second-order valence-electron chi connectivity index (χ2n) is 4.14. The first-order chi connectivity index (χ1) is 9.65. The Bertz CT molecular complexity index is 719. The van der Waals surface area contributed by atoms with E-state index in [1.54, 1.807) is 12.1 Å². The summed E-state index contributed by atoms with van der Waals surface area (Å²) in [5.41, 5.74) is 3.77. The van der Waals surface area contributed by atoms with E-state index in [2.05, 4.69) is 4.99 Å². The van der Waals surface area contributed by atoms with Gasteiger partial charge in [-0.15, -0.1) is 0 Å². The number of amides is 1. The zero-order valence-corrected chi connectivity index (χ0v) is 10.9. The molecule has 0 radical (unpaired) electrons. The second kappa shape index (κ2) is 5.94. The SMILES string of the molecule is Cn1ccccc1=Nc1ccc(C=O)c(C(=O)NN)c1. The predicted molar refractivity (Wildman–Crippen MR) is 74.1 cm³/mol. The van der Waals surface area contributed by atoms with Crippen molar-refractivity contribution in [1.82, 2.24) is 9.99 Å². The maximum absolute atomic E-state index is 11.6. The number of rotatable bonds is 3. The summed E-state index contributed by atoms with van der Waals surface area (Å²) in [4.78, 5) is 27.0. The Morgan fingerprint density at radius 1 is 1.35 bits per heavy atom. The molecule has 0 spiro atoms. The van der Waals surface area contributed by atoms with E-state index in [1.165, 1.54) is 6.07 Å². The van der Waals surface area contributed by atoms with Crippen LogP contribution in [-0.4, -0.2) is 16.8 Å². The molecule has 0 aliphatic heterocycles. The maximum Gasteiger partial charge on any atom is 0.265 e. The lowest BCUT2D eigenvalue weighted by Crippen LogP contribution is -2.30. The molecule has 20 heavy (non-hydrogen) atoms. The number of aryl methyl sites for hydroxylation is 1. The molecular formula is C14H14N4O2. The third-order valence-electron chi connectivity index (χ3n) is 2.81. The summed E-state index contributed by atoms with van der Waals surface area (Å²) in [5, 5.41) is 0. The van der Waals surface area contributed by atoms with Crippen LogP contribution in [0, 0.1) is 0 Å². The van der Waals surface area contributed by atoms with Crippen LogP contribution in [0.2, 0.25) is 0 Å². The fourth-order valence-electron chi connectivity index (χ4n) is 1.75. The minimum absolute atomic E-state index is 0.197. The van der Waals surface area contributed by atoms with Crippen molar-refractivity contribution in [3.63, 3.8) is 0 Å². The fourth-order valence-corrected chi connectivity index (χ4v) is 1.75. The number of aromatic nitrogens is 1. The molecule has 0 atom stereocenters.